The first kappa shape index (κ1) is 32.2. The smallest absolute Gasteiger partial charge is 0.475 e. The van der Waals surface area contributed by atoms with Crippen LogP contribution in [0.4, 0.5) is 26.3 Å². The highest BCUT2D eigenvalue weighted by Gasteiger charge is 2.38. The van der Waals surface area contributed by atoms with Gasteiger partial charge in [-0.2, -0.15) is 42.8 Å². The Morgan fingerprint density at radius 2 is 1.57 bits per heavy atom. The van der Waals surface area contributed by atoms with Gasteiger partial charge in [-0.15, -0.1) is 0 Å². The SMILES string of the molecule is O=C(NCCC1CN(Cc2ccncc2)Cc2ccnn21)c1ccsc1.O=C(O)C(F)(F)F.O=C(O)C(F)(F)F. The largest absolute Gasteiger partial charge is 0.490 e. The predicted octanol–water partition coefficient (Wildman–Crippen LogP) is 3.98. The van der Waals surface area contributed by atoms with E-state index in [-0.39, 0.29) is 11.9 Å². The third-order valence-corrected chi connectivity index (χ3v) is 5.82. The van der Waals surface area contributed by atoms with E-state index in [1.165, 1.54) is 22.6 Å². The van der Waals surface area contributed by atoms with Gasteiger partial charge in [0.25, 0.3) is 5.91 Å². The number of nitrogens with zero attached hydrogens (tertiary/aromatic N) is 4. The number of carboxylic acid groups (broad SMARTS) is 2. The molecule has 1 atom stereocenters. The van der Waals surface area contributed by atoms with Crippen LogP contribution in [0.3, 0.4) is 0 Å². The lowest BCUT2D eigenvalue weighted by Gasteiger charge is -2.34. The maximum absolute atomic E-state index is 12.1. The fourth-order valence-electron chi connectivity index (χ4n) is 3.39. The van der Waals surface area contributed by atoms with E-state index in [1.807, 2.05) is 35.4 Å². The molecule has 10 nitrogen and oxygen atoms in total. The Balaban J connectivity index is 0.000000333. The summed E-state index contributed by atoms with van der Waals surface area (Å²) < 4.78 is 65.6. The monoisotopic (exact) mass is 595 g/mol. The fourth-order valence-corrected chi connectivity index (χ4v) is 4.03. The molecule has 3 aromatic rings. The van der Waals surface area contributed by atoms with Crippen LogP contribution in [0, 0.1) is 0 Å². The van der Waals surface area contributed by atoms with E-state index in [1.54, 1.807) is 0 Å². The normalized spacial score (nSPS) is 15.0. The number of carbonyl (C=O) groups excluding carboxylic acids is 1. The first-order valence-electron chi connectivity index (χ1n) is 11.2. The molecule has 0 saturated carbocycles. The van der Waals surface area contributed by atoms with Crippen molar-refractivity contribution in [3.8, 4) is 0 Å². The van der Waals surface area contributed by atoms with Crippen molar-refractivity contribution in [2.75, 3.05) is 13.1 Å². The number of carboxylic acids is 2. The van der Waals surface area contributed by atoms with Crippen molar-refractivity contribution in [3.63, 3.8) is 0 Å². The molecule has 1 unspecified atom stereocenters. The summed E-state index contributed by atoms with van der Waals surface area (Å²) in [5.74, 6) is -5.52. The lowest BCUT2D eigenvalue weighted by atomic mass is 10.1. The van der Waals surface area contributed by atoms with E-state index in [9.17, 15) is 31.1 Å². The number of rotatable bonds is 6. The molecule has 17 heteroatoms. The minimum atomic E-state index is -5.08. The molecular formula is C23H23F6N5O5S. The summed E-state index contributed by atoms with van der Waals surface area (Å²) in [4.78, 5) is 36.4. The predicted molar refractivity (Wildman–Crippen MR) is 128 cm³/mol. The van der Waals surface area contributed by atoms with E-state index in [2.05, 4.69) is 43.2 Å². The third kappa shape index (κ3) is 10.6. The maximum Gasteiger partial charge on any atom is 0.490 e. The van der Waals surface area contributed by atoms with Gasteiger partial charge < -0.3 is 15.5 Å². The molecule has 0 radical (unpaired) electrons. The molecule has 4 rings (SSSR count). The number of pyridine rings is 1. The summed E-state index contributed by atoms with van der Waals surface area (Å²) in [7, 11) is 0. The van der Waals surface area contributed by atoms with Crippen molar-refractivity contribution in [2.45, 2.75) is 37.9 Å². The molecule has 218 valence electrons. The van der Waals surface area contributed by atoms with Crippen LogP contribution < -0.4 is 5.32 Å². The molecular weight excluding hydrogens is 572 g/mol. The van der Waals surface area contributed by atoms with Crippen molar-refractivity contribution in [1.82, 2.24) is 25.0 Å². The Labute approximate surface area is 226 Å². The molecule has 1 aliphatic rings. The number of hydrogen-bond acceptors (Lipinski definition) is 7. The van der Waals surface area contributed by atoms with E-state index in [4.69, 9.17) is 19.8 Å². The van der Waals surface area contributed by atoms with Gasteiger partial charge in [-0.3, -0.25) is 19.4 Å². The molecule has 3 N–H and O–H groups in total. The number of hydrogen-bond donors (Lipinski definition) is 3. The number of aromatic nitrogens is 3. The van der Waals surface area contributed by atoms with Gasteiger partial charge in [-0.25, -0.2) is 9.59 Å². The Morgan fingerprint density at radius 3 is 2.10 bits per heavy atom. The number of thiophene rings is 1. The summed E-state index contributed by atoms with van der Waals surface area (Å²) in [5.41, 5.74) is 3.22. The zero-order chi connectivity index (χ0) is 29.9. The highest BCUT2D eigenvalue weighted by molar-refractivity contribution is 7.08. The van der Waals surface area contributed by atoms with Gasteiger partial charge in [0.15, 0.2) is 0 Å². The summed E-state index contributed by atoms with van der Waals surface area (Å²) in [6.07, 6.45) is -3.78. The number of aliphatic carboxylic acids is 2. The lowest BCUT2D eigenvalue weighted by molar-refractivity contribution is -0.193. The number of carbonyl (C=O) groups is 3. The molecule has 0 bridgehead atoms. The Kier molecular flexibility index (Phi) is 11.6. The van der Waals surface area contributed by atoms with Gasteiger partial charge in [0, 0.05) is 55.7 Å². The molecule has 0 aromatic carbocycles. The van der Waals surface area contributed by atoms with Crippen molar-refractivity contribution >= 4 is 29.2 Å². The van der Waals surface area contributed by atoms with Crippen LogP contribution in [0.25, 0.3) is 0 Å². The van der Waals surface area contributed by atoms with Crippen LogP contribution in [-0.2, 0) is 22.7 Å². The summed E-state index contributed by atoms with van der Waals surface area (Å²) >= 11 is 1.54. The van der Waals surface area contributed by atoms with Gasteiger partial charge in [-0.1, -0.05) is 0 Å². The second kappa shape index (κ2) is 14.4. The molecule has 0 saturated heterocycles. The Bertz CT molecular complexity index is 1210. The molecule has 40 heavy (non-hydrogen) atoms. The molecule has 4 heterocycles. The second-order valence-corrected chi connectivity index (χ2v) is 8.89. The van der Waals surface area contributed by atoms with Gasteiger partial charge in [0.2, 0.25) is 0 Å². The average Bonchev–Trinajstić information content (AvgIpc) is 3.57. The van der Waals surface area contributed by atoms with E-state index < -0.39 is 24.3 Å². The van der Waals surface area contributed by atoms with Crippen LogP contribution in [0.5, 0.6) is 0 Å². The Hall–Kier alpha value is -3.99. The van der Waals surface area contributed by atoms with Crippen LogP contribution in [0.2, 0.25) is 0 Å². The summed E-state index contributed by atoms with van der Waals surface area (Å²) in [6, 6.07) is 8.31. The standard InChI is InChI=1S/C19H21N5OS.2C2HF3O2/c25-19(16-5-10-26-14-16)21-8-3-17-12-23(11-15-1-6-20-7-2-15)13-18-4-9-22-24(17)18;2*3-2(4,5)1(6)7/h1-2,4-7,9-10,14,17H,3,8,11-13H2,(H,21,25);2*(H,6,7). The molecule has 1 aliphatic heterocycles. The summed E-state index contributed by atoms with van der Waals surface area (Å²) in [6.45, 7) is 3.35. The fraction of sp³-hybridized carbons (Fsp3) is 0.348. The van der Waals surface area contributed by atoms with Crippen molar-refractivity contribution in [3.05, 3.63) is 70.4 Å². The van der Waals surface area contributed by atoms with Crippen LogP contribution >= 0.6 is 11.3 Å². The average molecular weight is 596 g/mol. The summed E-state index contributed by atoms with van der Waals surface area (Å²) in [5, 5.41) is 25.6. The van der Waals surface area contributed by atoms with Crippen molar-refractivity contribution in [2.24, 2.45) is 0 Å². The van der Waals surface area contributed by atoms with Gasteiger partial charge >= 0.3 is 24.3 Å². The van der Waals surface area contributed by atoms with Crippen molar-refractivity contribution < 1.29 is 50.9 Å². The quantitative estimate of drug-likeness (QED) is 0.364. The van der Waals surface area contributed by atoms with Crippen LogP contribution in [0.1, 0.15) is 34.1 Å². The zero-order valence-corrected chi connectivity index (χ0v) is 21.2. The first-order valence-corrected chi connectivity index (χ1v) is 12.2. The topological polar surface area (TPSA) is 138 Å². The number of amides is 1. The van der Waals surface area contributed by atoms with Crippen LogP contribution in [0.15, 0.2) is 53.6 Å². The zero-order valence-electron chi connectivity index (χ0n) is 20.4. The van der Waals surface area contributed by atoms with E-state index in [0.29, 0.717) is 6.54 Å². The number of nitrogens with one attached hydrogen (secondary N) is 1. The van der Waals surface area contributed by atoms with Gasteiger partial charge in [0.1, 0.15) is 0 Å². The number of fused-ring (bicyclic) bond motifs is 1. The van der Waals surface area contributed by atoms with E-state index >= 15 is 0 Å². The maximum atomic E-state index is 12.1. The molecule has 3 aromatic heterocycles. The Morgan fingerprint density at radius 1 is 0.975 bits per heavy atom. The third-order valence-electron chi connectivity index (χ3n) is 5.14. The second-order valence-electron chi connectivity index (χ2n) is 8.11. The highest BCUT2D eigenvalue weighted by Crippen LogP contribution is 2.24. The highest BCUT2D eigenvalue weighted by atomic mass is 32.1. The lowest BCUT2D eigenvalue weighted by Crippen LogP contribution is -2.38. The number of halogens is 6. The molecule has 0 fully saturated rings. The molecule has 0 aliphatic carbocycles. The molecule has 0 spiro atoms. The first-order chi connectivity index (χ1) is 18.7. The van der Waals surface area contributed by atoms with Gasteiger partial charge in [-0.05, 0) is 41.6 Å². The molecule has 1 amide bonds. The number of alkyl halides is 6. The minimum absolute atomic E-state index is 0.00334. The van der Waals surface area contributed by atoms with Crippen molar-refractivity contribution in [1.29, 1.82) is 0 Å². The minimum Gasteiger partial charge on any atom is -0.475 e. The van der Waals surface area contributed by atoms with Gasteiger partial charge in [0.05, 0.1) is 11.7 Å². The van der Waals surface area contributed by atoms with Crippen LogP contribution in [-0.4, -0.2) is 73.2 Å². The van der Waals surface area contributed by atoms with E-state index in [0.717, 1.165) is 31.6 Å².